The van der Waals surface area contributed by atoms with Crippen LogP contribution < -0.4 is 41.6 Å². The first-order valence-electron chi connectivity index (χ1n) is 19.6. The average Bonchev–Trinajstić information content (AvgIpc) is 3.32. The van der Waals surface area contributed by atoms with Gasteiger partial charge in [-0.15, -0.1) is 0 Å². The first kappa shape index (κ1) is 44.9. The van der Waals surface area contributed by atoms with Crippen molar-refractivity contribution >= 4 is 35.0 Å². The molecule has 0 fully saturated rings. The standard InChI is InChI=1S/C25H18N6O3.C23H22N6O2/c1-16(12-26)24(32)31-18-11-21(14-28-13-18)34-25-22(23(27)29-15-30-25)17-7-9-20(10-8-17)33-19-5-3-2-4-6-19;1-16(14-24)23(30)27-13-5-12-26-22-20(21(25)28-15-29-22)17-8-10-19(11-9-17)31-18-6-3-2-4-7-18/h2-11,13-15H,1H2,(H,31,32)(H2,27,29,30);2-4,6-11,15H,1,5,12-13H2,(H,27,30)(H3,25,26,28,29). The zero-order chi connectivity index (χ0) is 46.0. The summed E-state index contributed by atoms with van der Waals surface area (Å²) >= 11 is 0. The summed E-state index contributed by atoms with van der Waals surface area (Å²) in [5.41, 5.74) is 15.0. The second kappa shape index (κ2) is 22.3. The molecule has 3 heterocycles. The van der Waals surface area contributed by atoms with Crippen LogP contribution in [-0.2, 0) is 9.59 Å². The Morgan fingerprint density at radius 1 is 0.600 bits per heavy atom. The minimum Gasteiger partial charge on any atom is -0.457 e. The van der Waals surface area contributed by atoms with Crippen LogP contribution >= 0.6 is 0 Å². The predicted molar refractivity (Wildman–Crippen MR) is 245 cm³/mol. The number of carbonyl (C=O) groups is 2. The van der Waals surface area contributed by atoms with Gasteiger partial charge in [0, 0.05) is 19.2 Å². The number of nitrogens with two attached hydrogens (primary N) is 2. The first-order chi connectivity index (χ1) is 31.6. The van der Waals surface area contributed by atoms with Crippen LogP contribution in [0.25, 0.3) is 22.3 Å². The number of benzene rings is 4. The fraction of sp³-hybridized carbons (Fsp3) is 0.0625. The van der Waals surface area contributed by atoms with E-state index in [1.54, 1.807) is 24.3 Å². The molecule has 0 saturated carbocycles. The number of nitrogen functional groups attached to an aromatic ring is 2. The number of rotatable bonds is 16. The van der Waals surface area contributed by atoms with Crippen LogP contribution in [0, 0.1) is 22.7 Å². The van der Waals surface area contributed by atoms with E-state index < -0.39 is 11.8 Å². The maximum absolute atomic E-state index is 11.9. The van der Waals surface area contributed by atoms with E-state index in [-0.39, 0.29) is 22.8 Å². The number of nitrogens with zero attached hydrogens (tertiary/aromatic N) is 7. The van der Waals surface area contributed by atoms with E-state index in [9.17, 15) is 9.59 Å². The van der Waals surface area contributed by atoms with Crippen LogP contribution in [-0.4, -0.2) is 49.8 Å². The minimum absolute atomic E-state index is 0.112. The predicted octanol–water partition coefficient (Wildman–Crippen LogP) is 8.24. The van der Waals surface area contributed by atoms with Crippen molar-refractivity contribution in [2.75, 3.05) is 35.2 Å². The molecule has 7 aromatic rings. The lowest BCUT2D eigenvalue weighted by Crippen LogP contribution is -2.26. The summed E-state index contributed by atoms with van der Waals surface area (Å²) in [7, 11) is 0. The van der Waals surface area contributed by atoms with Gasteiger partial charge in [0.1, 0.15) is 82.1 Å². The molecule has 0 aliphatic heterocycles. The summed E-state index contributed by atoms with van der Waals surface area (Å²) in [6.45, 7) is 7.69. The summed E-state index contributed by atoms with van der Waals surface area (Å²) in [4.78, 5) is 44.2. The molecule has 17 heteroatoms. The van der Waals surface area contributed by atoms with Crippen LogP contribution in [0.4, 0.5) is 23.1 Å². The van der Waals surface area contributed by atoms with E-state index in [1.807, 2.05) is 97.1 Å². The first-order valence-corrected chi connectivity index (χ1v) is 19.6. The van der Waals surface area contributed by atoms with Gasteiger partial charge in [-0.05, 0) is 66.1 Å². The topological polar surface area (TPSA) is 262 Å². The lowest BCUT2D eigenvalue weighted by atomic mass is 10.1. The second-order valence-corrected chi connectivity index (χ2v) is 13.5. The Morgan fingerprint density at radius 3 is 1.71 bits per heavy atom. The van der Waals surface area contributed by atoms with Crippen molar-refractivity contribution in [3.63, 3.8) is 0 Å². The average molecular weight is 865 g/mol. The Labute approximate surface area is 373 Å². The van der Waals surface area contributed by atoms with Crippen LogP contribution in [0.15, 0.2) is 165 Å². The molecule has 0 bridgehead atoms. The Balaban J connectivity index is 0.000000216. The fourth-order valence-corrected chi connectivity index (χ4v) is 5.74. The lowest BCUT2D eigenvalue weighted by molar-refractivity contribution is -0.117. The maximum atomic E-state index is 11.9. The quantitative estimate of drug-likeness (QED) is 0.0348. The van der Waals surface area contributed by atoms with Crippen LogP contribution in [0.1, 0.15) is 6.42 Å². The van der Waals surface area contributed by atoms with Gasteiger partial charge < -0.3 is 41.6 Å². The van der Waals surface area contributed by atoms with Gasteiger partial charge >= 0.3 is 0 Å². The van der Waals surface area contributed by atoms with E-state index in [0.717, 1.165) is 22.6 Å². The highest BCUT2D eigenvalue weighted by Gasteiger charge is 2.16. The van der Waals surface area contributed by atoms with E-state index in [1.165, 1.54) is 31.1 Å². The summed E-state index contributed by atoms with van der Waals surface area (Å²) in [6.07, 6.45) is 6.17. The molecule has 0 aliphatic rings. The van der Waals surface area contributed by atoms with Gasteiger partial charge in [-0.2, -0.15) is 10.5 Å². The third-order valence-corrected chi connectivity index (χ3v) is 8.90. The van der Waals surface area contributed by atoms with Gasteiger partial charge in [0.2, 0.25) is 5.88 Å². The number of hydrogen-bond acceptors (Lipinski definition) is 15. The highest BCUT2D eigenvalue weighted by atomic mass is 16.5. The molecule has 0 radical (unpaired) electrons. The SMILES string of the molecule is C=C(C#N)C(=O)NCCCNc1ncnc(N)c1-c1ccc(Oc2ccccc2)cc1.C=C(C#N)C(=O)Nc1cncc(Oc2ncnc(N)c2-c2ccc(Oc3ccccc3)cc2)c1. The molecular formula is C48H40N12O5. The molecule has 4 aromatic carbocycles. The van der Waals surface area contributed by atoms with Crippen LogP contribution in [0.5, 0.6) is 34.6 Å². The number of amides is 2. The van der Waals surface area contributed by atoms with Gasteiger partial charge in [0.05, 0.1) is 29.2 Å². The number of hydrogen-bond donors (Lipinski definition) is 5. The minimum atomic E-state index is -0.633. The highest BCUT2D eigenvalue weighted by molar-refractivity contribution is 6.06. The summed E-state index contributed by atoms with van der Waals surface area (Å²) in [5, 5.41) is 25.8. The smallest absolute Gasteiger partial charge is 0.265 e. The summed E-state index contributed by atoms with van der Waals surface area (Å²) < 4.78 is 17.6. The van der Waals surface area contributed by atoms with Gasteiger partial charge in [-0.3, -0.25) is 14.6 Å². The van der Waals surface area contributed by atoms with E-state index in [2.05, 4.69) is 54.0 Å². The number of ether oxygens (including phenoxy) is 3. The number of pyridine rings is 1. The van der Waals surface area contributed by atoms with Gasteiger partial charge in [-0.1, -0.05) is 73.8 Å². The van der Waals surface area contributed by atoms with Crippen molar-refractivity contribution in [3.05, 3.63) is 165 Å². The molecule has 65 heavy (non-hydrogen) atoms. The molecule has 3 aromatic heterocycles. The van der Waals surface area contributed by atoms with Gasteiger partial charge in [0.25, 0.3) is 11.8 Å². The third-order valence-electron chi connectivity index (χ3n) is 8.90. The number of para-hydroxylation sites is 2. The molecule has 0 saturated heterocycles. The lowest BCUT2D eigenvalue weighted by Gasteiger charge is -2.13. The molecule has 0 atom stereocenters. The van der Waals surface area contributed by atoms with E-state index >= 15 is 0 Å². The number of nitriles is 2. The molecular weight excluding hydrogens is 825 g/mol. The van der Waals surface area contributed by atoms with E-state index in [0.29, 0.717) is 65.2 Å². The van der Waals surface area contributed by atoms with Crippen LogP contribution in [0.2, 0.25) is 0 Å². The van der Waals surface area contributed by atoms with Crippen molar-refractivity contribution in [2.24, 2.45) is 0 Å². The number of aromatic nitrogens is 5. The summed E-state index contributed by atoms with van der Waals surface area (Å²) in [6, 6.07) is 38.7. The zero-order valence-electron chi connectivity index (χ0n) is 34.6. The summed E-state index contributed by atoms with van der Waals surface area (Å²) in [5.74, 6) is 3.41. The monoisotopic (exact) mass is 864 g/mol. The van der Waals surface area contributed by atoms with Crippen molar-refractivity contribution in [1.29, 1.82) is 10.5 Å². The molecule has 2 amide bonds. The molecule has 7 N–H and O–H groups in total. The molecule has 17 nitrogen and oxygen atoms in total. The number of anilines is 4. The largest absolute Gasteiger partial charge is 0.457 e. The van der Waals surface area contributed by atoms with Crippen molar-refractivity contribution in [3.8, 4) is 69.0 Å². The number of carbonyl (C=O) groups excluding carboxylic acids is 2. The van der Waals surface area contributed by atoms with Crippen molar-refractivity contribution < 1.29 is 23.8 Å². The molecule has 0 unspecified atom stereocenters. The molecule has 7 rings (SSSR count). The highest BCUT2D eigenvalue weighted by Crippen LogP contribution is 2.37. The fourth-order valence-electron chi connectivity index (χ4n) is 5.74. The Bertz CT molecular complexity index is 2870. The van der Waals surface area contributed by atoms with Gasteiger partial charge in [-0.25, -0.2) is 19.9 Å². The normalized spacial score (nSPS) is 10.1. The number of nitrogens with one attached hydrogen (secondary N) is 3. The second-order valence-electron chi connectivity index (χ2n) is 13.5. The Hall–Kier alpha value is -9.61. The Morgan fingerprint density at radius 2 is 1.12 bits per heavy atom. The van der Waals surface area contributed by atoms with Crippen molar-refractivity contribution in [2.45, 2.75) is 6.42 Å². The third kappa shape index (κ3) is 12.7. The van der Waals surface area contributed by atoms with E-state index in [4.69, 9.17) is 36.2 Å². The Kier molecular flexibility index (Phi) is 15.4. The van der Waals surface area contributed by atoms with Crippen LogP contribution in [0.3, 0.4) is 0 Å². The molecule has 0 aliphatic carbocycles. The zero-order valence-corrected chi connectivity index (χ0v) is 34.6. The van der Waals surface area contributed by atoms with Crippen molar-refractivity contribution in [1.82, 2.24) is 30.2 Å². The molecule has 322 valence electrons. The molecule has 0 spiro atoms. The van der Waals surface area contributed by atoms with Gasteiger partial charge in [0.15, 0.2) is 0 Å². The maximum Gasteiger partial charge on any atom is 0.265 e.